The number of ether oxygens (including phenoxy) is 1. The molecule has 2 aromatic rings. The van der Waals surface area contributed by atoms with E-state index in [-0.39, 0.29) is 0 Å². The van der Waals surface area contributed by atoms with Crippen molar-refractivity contribution in [1.82, 2.24) is 9.55 Å². The standard InChI is InChI=1S/C20H24N2OS/c1-14-6-4-7-15(12-14)19-21-20(24)17-9-2-3-10-18(17)22(19)13-16-8-5-11-23-16/h4,6-7,12,16H,2-3,5,8-11,13H2,1H3/t16-/m0/s1. The van der Waals surface area contributed by atoms with Crippen molar-refractivity contribution in [3.05, 3.63) is 45.7 Å². The van der Waals surface area contributed by atoms with E-state index in [2.05, 4.69) is 35.8 Å². The average Bonchev–Trinajstić information content (AvgIpc) is 3.10. The summed E-state index contributed by atoms with van der Waals surface area (Å²) in [5.74, 6) is 1.01. The molecule has 126 valence electrons. The Hall–Kier alpha value is -1.52. The maximum Gasteiger partial charge on any atom is 0.141 e. The zero-order valence-corrected chi connectivity index (χ0v) is 15.1. The molecule has 4 heteroatoms. The predicted octanol–water partition coefficient (Wildman–Crippen LogP) is 4.65. The summed E-state index contributed by atoms with van der Waals surface area (Å²) in [6.07, 6.45) is 7.26. The molecule has 1 aliphatic heterocycles. The van der Waals surface area contributed by atoms with E-state index in [4.69, 9.17) is 21.9 Å². The summed E-state index contributed by atoms with van der Waals surface area (Å²) in [4.78, 5) is 4.86. The largest absolute Gasteiger partial charge is 0.376 e. The second-order valence-corrected chi connectivity index (χ2v) is 7.37. The van der Waals surface area contributed by atoms with Gasteiger partial charge in [0.25, 0.3) is 0 Å². The molecule has 0 saturated carbocycles. The molecule has 1 aliphatic carbocycles. The fourth-order valence-electron chi connectivity index (χ4n) is 3.96. The molecular weight excluding hydrogens is 316 g/mol. The van der Waals surface area contributed by atoms with Crippen LogP contribution in [0.5, 0.6) is 0 Å². The van der Waals surface area contributed by atoms with Gasteiger partial charge in [0.1, 0.15) is 10.5 Å². The third-order valence-electron chi connectivity index (χ3n) is 5.17. The maximum atomic E-state index is 5.92. The summed E-state index contributed by atoms with van der Waals surface area (Å²) in [5, 5.41) is 0. The van der Waals surface area contributed by atoms with Gasteiger partial charge in [-0.1, -0.05) is 36.0 Å². The SMILES string of the molecule is Cc1cccc(-c2nc(=S)c3c(n2C[C@@H]2CCCO2)CCCC3)c1. The Balaban J connectivity index is 1.87. The van der Waals surface area contributed by atoms with E-state index in [1.165, 1.54) is 36.1 Å². The van der Waals surface area contributed by atoms with Crippen molar-refractivity contribution in [2.24, 2.45) is 0 Å². The monoisotopic (exact) mass is 340 g/mol. The molecule has 4 rings (SSSR count). The van der Waals surface area contributed by atoms with Crippen LogP contribution in [0.4, 0.5) is 0 Å². The quantitative estimate of drug-likeness (QED) is 0.761. The minimum atomic E-state index is 0.308. The number of aromatic nitrogens is 2. The number of hydrogen-bond acceptors (Lipinski definition) is 3. The van der Waals surface area contributed by atoms with Gasteiger partial charge in [-0.25, -0.2) is 4.98 Å². The van der Waals surface area contributed by atoms with Crippen LogP contribution < -0.4 is 0 Å². The number of aryl methyl sites for hydroxylation is 1. The predicted molar refractivity (Wildman–Crippen MR) is 98.9 cm³/mol. The highest BCUT2D eigenvalue weighted by Crippen LogP contribution is 2.29. The second kappa shape index (κ2) is 6.77. The highest BCUT2D eigenvalue weighted by atomic mass is 32.1. The van der Waals surface area contributed by atoms with Gasteiger partial charge in [0, 0.05) is 23.4 Å². The molecule has 2 heterocycles. The first kappa shape index (κ1) is 16.0. The number of hydrogen-bond donors (Lipinski definition) is 0. The lowest BCUT2D eigenvalue weighted by Crippen LogP contribution is -2.24. The van der Waals surface area contributed by atoms with Gasteiger partial charge in [-0.15, -0.1) is 0 Å². The first-order valence-corrected chi connectivity index (χ1v) is 9.44. The van der Waals surface area contributed by atoms with Crippen molar-refractivity contribution in [1.29, 1.82) is 0 Å². The van der Waals surface area contributed by atoms with Crippen LogP contribution in [0, 0.1) is 11.6 Å². The van der Waals surface area contributed by atoms with Crippen LogP contribution in [-0.4, -0.2) is 22.3 Å². The summed E-state index contributed by atoms with van der Waals surface area (Å²) in [6.45, 7) is 3.91. The van der Waals surface area contributed by atoms with Crippen LogP contribution in [0.2, 0.25) is 0 Å². The Bertz CT molecular complexity index is 806. The molecule has 1 saturated heterocycles. The van der Waals surface area contributed by atoms with Crippen molar-refractivity contribution < 1.29 is 4.74 Å². The molecule has 0 bridgehead atoms. The minimum absolute atomic E-state index is 0.308. The second-order valence-electron chi connectivity index (χ2n) is 6.99. The molecule has 1 fully saturated rings. The molecule has 3 nitrogen and oxygen atoms in total. The Labute approximate surface area is 148 Å². The van der Waals surface area contributed by atoms with Crippen molar-refractivity contribution in [3.8, 4) is 11.4 Å². The molecule has 2 aliphatic rings. The van der Waals surface area contributed by atoms with Crippen LogP contribution in [0.1, 0.15) is 42.5 Å². The van der Waals surface area contributed by atoms with Gasteiger partial charge in [0.2, 0.25) is 0 Å². The van der Waals surface area contributed by atoms with Gasteiger partial charge in [-0.3, -0.25) is 0 Å². The van der Waals surface area contributed by atoms with E-state index in [9.17, 15) is 0 Å². The molecule has 0 spiro atoms. The van der Waals surface area contributed by atoms with E-state index < -0.39 is 0 Å². The average molecular weight is 340 g/mol. The number of rotatable bonds is 3. The van der Waals surface area contributed by atoms with Crippen molar-refractivity contribution in [2.75, 3.05) is 6.61 Å². The van der Waals surface area contributed by atoms with E-state index in [0.717, 1.165) is 48.4 Å². The van der Waals surface area contributed by atoms with Gasteiger partial charge in [0.15, 0.2) is 0 Å². The topological polar surface area (TPSA) is 27.1 Å². The number of benzene rings is 1. The summed E-state index contributed by atoms with van der Waals surface area (Å²) in [7, 11) is 0. The lowest BCUT2D eigenvalue weighted by atomic mass is 9.96. The third kappa shape index (κ3) is 3.05. The van der Waals surface area contributed by atoms with Gasteiger partial charge in [-0.2, -0.15) is 0 Å². The molecule has 1 atom stereocenters. The Morgan fingerprint density at radius 3 is 2.92 bits per heavy atom. The first-order chi connectivity index (χ1) is 11.7. The Kier molecular flexibility index (Phi) is 4.51. The van der Waals surface area contributed by atoms with Gasteiger partial charge in [0.05, 0.1) is 12.6 Å². The minimum Gasteiger partial charge on any atom is -0.376 e. The molecule has 0 unspecified atom stereocenters. The Morgan fingerprint density at radius 2 is 2.12 bits per heavy atom. The highest BCUT2D eigenvalue weighted by Gasteiger charge is 2.23. The van der Waals surface area contributed by atoms with E-state index >= 15 is 0 Å². The maximum absolute atomic E-state index is 5.92. The highest BCUT2D eigenvalue weighted by molar-refractivity contribution is 7.71. The van der Waals surface area contributed by atoms with Crippen LogP contribution >= 0.6 is 12.2 Å². The fraction of sp³-hybridized carbons (Fsp3) is 0.500. The zero-order chi connectivity index (χ0) is 16.5. The Morgan fingerprint density at radius 1 is 1.25 bits per heavy atom. The van der Waals surface area contributed by atoms with Crippen molar-refractivity contribution in [2.45, 2.75) is 58.1 Å². The summed E-state index contributed by atoms with van der Waals surface area (Å²) >= 11 is 5.65. The first-order valence-electron chi connectivity index (χ1n) is 9.03. The molecule has 1 aromatic carbocycles. The fourth-order valence-corrected chi connectivity index (χ4v) is 4.27. The normalized spacial score (nSPS) is 20.1. The molecule has 0 N–H and O–H groups in total. The van der Waals surface area contributed by atoms with Gasteiger partial charge >= 0.3 is 0 Å². The van der Waals surface area contributed by atoms with E-state index in [1.807, 2.05) is 0 Å². The number of nitrogens with zero attached hydrogens (tertiary/aromatic N) is 2. The molecule has 0 amide bonds. The van der Waals surface area contributed by atoms with E-state index in [1.54, 1.807) is 0 Å². The summed E-state index contributed by atoms with van der Waals surface area (Å²) in [5.41, 5.74) is 5.10. The summed E-state index contributed by atoms with van der Waals surface area (Å²) in [6, 6.07) is 8.58. The van der Waals surface area contributed by atoms with Crippen LogP contribution in [0.15, 0.2) is 24.3 Å². The molecule has 24 heavy (non-hydrogen) atoms. The lowest BCUT2D eigenvalue weighted by Gasteiger charge is -2.26. The zero-order valence-electron chi connectivity index (χ0n) is 14.3. The van der Waals surface area contributed by atoms with E-state index in [0.29, 0.717) is 6.10 Å². The van der Waals surface area contributed by atoms with Gasteiger partial charge < -0.3 is 9.30 Å². The molecule has 1 aromatic heterocycles. The third-order valence-corrected chi connectivity index (χ3v) is 5.51. The number of fused-ring (bicyclic) bond motifs is 1. The smallest absolute Gasteiger partial charge is 0.141 e. The molecule has 0 radical (unpaired) electrons. The van der Waals surface area contributed by atoms with Gasteiger partial charge in [-0.05, 0) is 51.5 Å². The lowest BCUT2D eigenvalue weighted by molar-refractivity contribution is 0.0961. The summed E-state index contributed by atoms with van der Waals surface area (Å²) < 4.78 is 9.13. The molecular formula is C20H24N2OS. The van der Waals surface area contributed by atoms with Crippen LogP contribution in [0.3, 0.4) is 0 Å². The van der Waals surface area contributed by atoms with Crippen molar-refractivity contribution >= 4 is 12.2 Å². The van der Waals surface area contributed by atoms with Crippen LogP contribution in [0.25, 0.3) is 11.4 Å². The van der Waals surface area contributed by atoms with Crippen LogP contribution in [-0.2, 0) is 24.1 Å². The van der Waals surface area contributed by atoms with Crippen molar-refractivity contribution in [3.63, 3.8) is 0 Å².